The fourth-order valence-electron chi connectivity index (χ4n) is 3.08. The average Bonchev–Trinajstić information content (AvgIpc) is 2.62. The van der Waals surface area contributed by atoms with Gasteiger partial charge in [0.15, 0.2) is 6.10 Å². The van der Waals surface area contributed by atoms with E-state index in [4.69, 9.17) is 4.74 Å². The molecule has 1 aliphatic rings. The Labute approximate surface area is 160 Å². The zero-order valence-electron chi connectivity index (χ0n) is 16.3. The number of fused-ring (bicyclic) bond motifs is 1. The van der Waals surface area contributed by atoms with Crippen LogP contribution in [0.4, 0.5) is 11.4 Å². The van der Waals surface area contributed by atoms with Crippen LogP contribution < -0.4 is 15.0 Å². The standard InChI is InChI=1S/C22H26N2O3/c1-15-21(26)24(18-7-5-6-8-19(18)27-15)14-13-20(25)23-17-11-9-16(10-12-17)22(2,3)4/h5-12,15H,13-14H2,1-4H3,(H,23,25). The fourth-order valence-corrected chi connectivity index (χ4v) is 3.08. The number of carbonyl (C=O) groups is 2. The van der Waals surface area contributed by atoms with Crippen LogP contribution in [-0.4, -0.2) is 24.5 Å². The number of carbonyl (C=O) groups excluding carboxylic acids is 2. The van der Waals surface area contributed by atoms with Gasteiger partial charge in [0, 0.05) is 18.7 Å². The summed E-state index contributed by atoms with van der Waals surface area (Å²) >= 11 is 0. The van der Waals surface area contributed by atoms with E-state index in [1.54, 1.807) is 11.8 Å². The molecule has 1 heterocycles. The van der Waals surface area contributed by atoms with E-state index in [2.05, 4.69) is 26.1 Å². The predicted octanol–water partition coefficient (Wildman–Crippen LogP) is 4.13. The number of nitrogens with one attached hydrogen (secondary N) is 1. The Morgan fingerprint density at radius 2 is 1.78 bits per heavy atom. The molecule has 0 radical (unpaired) electrons. The van der Waals surface area contributed by atoms with Crippen molar-refractivity contribution in [2.45, 2.75) is 45.6 Å². The first-order valence-electron chi connectivity index (χ1n) is 9.23. The van der Waals surface area contributed by atoms with Crippen LogP contribution in [0.5, 0.6) is 5.75 Å². The molecule has 2 aromatic carbocycles. The summed E-state index contributed by atoms with van der Waals surface area (Å²) in [6, 6.07) is 15.3. The Hall–Kier alpha value is -2.82. The van der Waals surface area contributed by atoms with Gasteiger partial charge in [0.25, 0.3) is 5.91 Å². The van der Waals surface area contributed by atoms with Crippen molar-refractivity contribution in [3.05, 3.63) is 54.1 Å². The molecule has 0 aliphatic carbocycles. The lowest BCUT2D eigenvalue weighted by molar-refractivity contribution is -0.125. The molecule has 0 saturated heterocycles. The molecule has 1 atom stereocenters. The van der Waals surface area contributed by atoms with Gasteiger partial charge in [-0.1, -0.05) is 45.0 Å². The molecule has 27 heavy (non-hydrogen) atoms. The number of anilines is 2. The molecule has 1 aliphatic heterocycles. The minimum absolute atomic E-state index is 0.0727. The van der Waals surface area contributed by atoms with Gasteiger partial charge in [-0.25, -0.2) is 0 Å². The second-order valence-corrected chi connectivity index (χ2v) is 7.84. The zero-order valence-corrected chi connectivity index (χ0v) is 16.3. The first-order valence-corrected chi connectivity index (χ1v) is 9.23. The van der Waals surface area contributed by atoms with E-state index < -0.39 is 6.10 Å². The van der Waals surface area contributed by atoms with Gasteiger partial charge in [-0.15, -0.1) is 0 Å². The molecule has 2 aromatic rings. The molecule has 5 heteroatoms. The number of ether oxygens (including phenoxy) is 1. The zero-order chi connectivity index (χ0) is 19.6. The van der Waals surface area contributed by atoms with Crippen molar-refractivity contribution in [3.63, 3.8) is 0 Å². The van der Waals surface area contributed by atoms with E-state index in [0.717, 1.165) is 5.69 Å². The molecular formula is C22H26N2O3. The first kappa shape index (κ1) is 19.0. The summed E-state index contributed by atoms with van der Waals surface area (Å²) in [7, 11) is 0. The topological polar surface area (TPSA) is 58.6 Å². The number of amides is 2. The second-order valence-electron chi connectivity index (χ2n) is 7.84. The van der Waals surface area contributed by atoms with Crippen LogP contribution in [0.3, 0.4) is 0 Å². The normalized spacial score (nSPS) is 16.5. The summed E-state index contributed by atoms with van der Waals surface area (Å²) in [5, 5.41) is 2.90. The number of nitrogens with zero attached hydrogens (tertiary/aromatic N) is 1. The summed E-state index contributed by atoms with van der Waals surface area (Å²) < 4.78 is 5.62. The largest absolute Gasteiger partial charge is 0.479 e. The van der Waals surface area contributed by atoms with Gasteiger partial charge in [-0.05, 0) is 42.2 Å². The van der Waals surface area contributed by atoms with E-state index in [0.29, 0.717) is 18.0 Å². The SMILES string of the molecule is CC1Oc2ccccc2N(CCC(=O)Nc2ccc(C(C)(C)C)cc2)C1=O. The maximum Gasteiger partial charge on any atom is 0.267 e. The molecule has 5 nitrogen and oxygen atoms in total. The number of hydrogen-bond acceptors (Lipinski definition) is 3. The number of rotatable bonds is 4. The highest BCUT2D eigenvalue weighted by Crippen LogP contribution is 2.33. The van der Waals surface area contributed by atoms with Crippen molar-refractivity contribution in [2.24, 2.45) is 0 Å². The summed E-state index contributed by atoms with van der Waals surface area (Å²) in [6.45, 7) is 8.49. The molecule has 0 fully saturated rings. The van der Waals surface area contributed by atoms with Crippen molar-refractivity contribution >= 4 is 23.2 Å². The molecule has 1 unspecified atom stereocenters. The summed E-state index contributed by atoms with van der Waals surface area (Å²) in [5.41, 5.74) is 2.76. The molecule has 2 amide bonds. The maximum atomic E-state index is 12.5. The third kappa shape index (κ3) is 4.30. The Bertz CT molecular complexity index is 837. The minimum Gasteiger partial charge on any atom is -0.479 e. The molecular weight excluding hydrogens is 340 g/mol. The van der Waals surface area contributed by atoms with E-state index in [1.807, 2.05) is 48.5 Å². The van der Waals surface area contributed by atoms with Gasteiger partial charge < -0.3 is 15.0 Å². The highest BCUT2D eigenvalue weighted by Gasteiger charge is 2.31. The number of para-hydroxylation sites is 2. The van der Waals surface area contributed by atoms with Gasteiger partial charge >= 0.3 is 0 Å². The van der Waals surface area contributed by atoms with Crippen LogP contribution in [0.25, 0.3) is 0 Å². The Morgan fingerprint density at radius 3 is 2.44 bits per heavy atom. The fraction of sp³-hybridized carbons (Fsp3) is 0.364. The quantitative estimate of drug-likeness (QED) is 0.885. The molecule has 0 saturated carbocycles. The van der Waals surface area contributed by atoms with Gasteiger partial charge in [-0.3, -0.25) is 9.59 Å². The van der Waals surface area contributed by atoms with Gasteiger partial charge in [0.1, 0.15) is 5.75 Å². The molecule has 3 rings (SSSR count). The number of hydrogen-bond donors (Lipinski definition) is 1. The van der Waals surface area contributed by atoms with E-state index >= 15 is 0 Å². The van der Waals surface area contributed by atoms with Crippen molar-refractivity contribution < 1.29 is 14.3 Å². The van der Waals surface area contributed by atoms with Crippen LogP contribution in [0, 0.1) is 0 Å². The predicted molar refractivity (Wildman–Crippen MR) is 107 cm³/mol. The molecule has 142 valence electrons. The first-order chi connectivity index (χ1) is 12.8. The van der Waals surface area contributed by atoms with Crippen molar-refractivity contribution in [1.29, 1.82) is 0 Å². The third-order valence-electron chi connectivity index (χ3n) is 4.67. The number of benzene rings is 2. The van der Waals surface area contributed by atoms with Crippen molar-refractivity contribution in [1.82, 2.24) is 0 Å². The average molecular weight is 366 g/mol. The lowest BCUT2D eigenvalue weighted by Gasteiger charge is -2.32. The Morgan fingerprint density at radius 1 is 1.11 bits per heavy atom. The second kappa shape index (κ2) is 7.43. The van der Waals surface area contributed by atoms with Crippen LogP contribution in [0.15, 0.2) is 48.5 Å². The van der Waals surface area contributed by atoms with Crippen LogP contribution >= 0.6 is 0 Å². The van der Waals surface area contributed by atoms with Gasteiger partial charge in [0.2, 0.25) is 5.91 Å². The minimum atomic E-state index is -0.548. The highest BCUT2D eigenvalue weighted by molar-refractivity contribution is 6.00. The maximum absolute atomic E-state index is 12.5. The molecule has 1 N–H and O–H groups in total. The Kier molecular flexibility index (Phi) is 5.22. The lowest BCUT2D eigenvalue weighted by atomic mass is 9.87. The van der Waals surface area contributed by atoms with Crippen LogP contribution in [0.1, 0.15) is 39.7 Å². The van der Waals surface area contributed by atoms with Crippen LogP contribution in [0.2, 0.25) is 0 Å². The van der Waals surface area contributed by atoms with E-state index in [1.165, 1.54) is 5.56 Å². The van der Waals surface area contributed by atoms with Gasteiger partial charge in [0.05, 0.1) is 5.69 Å². The van der Waals surface area contributed by atoms with E-state index in [9.17, 15) is 9.59 Å². The van der Waals surface area contributed by atoms with Gasteiger partial charge in [-0.2, -0.15) is 0 Å². The van der Waals surface area contributed by atoms with E-state index in [-0.39, 0.29) is 23.7 Å². The molecule has 0 aromatic heterocycles. The summed E-state index contributed by atoms with van der Waals surface area (Å²) in [4.78, 5) is 26.4. The lowest BCUT2D eigenvalue weighted by Crippen LogP contribution is -2.45. The van der Waals surface area contributed by atoms with Crippen molar-refractivity contribution in [2.75, 3.05) is 16.8 Å². The van der Waals surface area contributed by atoms with Crippen molar-refractivity contribution in [3.8, 4) is 5.75 Å². The summed E-state index contributed by atoms with van der Waals surface area (Å²) in [5.74, 6) is 0.418. The smallest absolute Gasteiger partial charge is 0.267 e. The molecule has 0 bridgehead atoms. The summed E-state index contributed by atoms with van der Waals surface area (Å²) in [6.07, 6.45) is -0.332. The monoisotopic (exact) mass is 366 g/mol. The molecule has 0 spiro atoms. The Balaban J connectivity index is 1.63. The third-order valence-corrected chi connectivity index (χ3v) is 4.67. The highest BCUT2D eigenvalue weighted by atomic mass is 16.5. The van der Waals surface area contributed by atoms with Crippen LogP contribution in [-0.2, 0) is 15.0 Å².